The van der Waals surface area contributed by atoms with Gasteiger partial charge in [-0.1, -0.05) is 97.9 Å². The molecule has 0 aromatic heterocycles. The van der Waals surface area contributed by atoms with Crippen molar-refractivity contribution in [2.45, 2.75) is 70.8 Å². The van der Waals surface area contributed by atoms with Gasteiger partial charge in [0.05, 0.1) is 6.10 Å². The van der Waals surface area contributed by atoms with Gasteiger partial charge in [0.2, 0.25) is 0 Å². The second kappa shape index (κ2) is 10.6. The zero-order chi connectivity index (χ0) is 28.1. The molecule has 0 heterocycles. The summed E-state index contributed by atoms with van der Waals surface area (Å²) in [7, 11) is -2.83. The van der Waals surface area contributed by atoms with Crippen molar-refractivity contribution in [1.29, 1.82) is 0 Å². The van der Waals surface area contributed by atoms with Crippen LogP contribution < -0.4 is 15.6 Å². The maximum absolute atomic E-state index is 13.1. The number of ketones is 1. The van der Waals surface area contributed by atoms with Crippen LogP contribution in [0.1, 0.15) is 64.7 Å². The minimum absolute atomic E-state index is 0.0473. The van der Waals surface area contributed by atoms with Crippen molar-refractivity contribution >= 4 is 29.7 Å². The Morgan fingerprint density at radius 2 is 1.34 bits per heavy atom. The van der Waals surface area contributed by atoms with Gasteiger partial charge >= 0.3 is 0 Å². The summed E-state index contributed by atoms with van der Waals surface area (Å²) in [4.78, 5) is 13.1. The van der Waals surface area contributed by atoms with E-state index in [9.17, 15) is 9.90 Å². The van der Waals surface area contributed by atoms with Crippen LogP contribution in [0.3, 0.4) is 0 Å². The van der Waals surface area contributed by atoms with E-state index in [1.54, 1.807) is 0 Å². The first-order valence-corrected chi connectivity index (χ1v) is 17.9. The highest BCUT2D eigenvalue weighted by Gasteiger charge is 2.62. The number of Topliss-reactive ketones (excluding diaryl/α,β-unsaturated/α-hetero) is 1. The van der Waals surface area contributed by atoms with Gasteiger partial charge in [0, 0.05) is 18.4 Å². The Balaban J connectivity index is 1.33. The summed E-state index contributed by atoms with van der Waals surface area (Å²) >= 11 is 0. The van der Waals surface area contributed by atoms with Crippen LogP contribution in [0.25, 0.3) is 0 Å². The first-order valence-electron chi connectivity index (χ1n) is 16.0. The normalized spacial score (nSPS) is 34.9. The van der Waals surface area contributed by atoms with E-state index in [1.165, 1.54) is 22.0 Å². The number of hydrogen-bond acceptors (Lipinski definition) is 3. The third-order valence-corrected chi connectivity index (χ3v) is 16.2. The van der Waals surface area contributed by atoms with Crippen molar-refractivity contribution in [3.63, 3.8) is 0 Å². The predicted molar refractivity (Wildman–Crippen MR) is 167 cm³/mol. The summed E-state index contributed by atoms with van der Waals surface area (Å²) in [5.74, 6) is 2.65. The van der Waals surface area contributed by atoms with Crippen LogP contribution in [0.2, 0.25) is 0 Å². The number of carbonyl (C=O) groups is 1. The summed E-state index contributed by atoms with van der Waals surface area (Å²) in [5.41, 5.74) is -0.0768. The zero-order valence-corrected chi connectivity index (χ0v) is 25.4. The molecule has 3 aromatic carbocycles. The third kappa shape index (κ3) is 4.32. The quantitative estimate of drug-likeness (QED) is 0.312. The Morgan fingerprint density at radius 1 is 0.756 bits per heavy atom. The fourth-order valence-electron chi connectivity index (χ4n) is 10.1. The highest BCUT2D eigenvalue weighted by Crippen LogP contribution is 2.65. The van der Waals surface area contributed by atoms with E-state index in [1.807, 2.05) is 0 Å². The van der Waals surface area contributed by atoms with E-state index >= 15 is 0 Å². The molecule has 4 saturated carbocycles. The molecule has 7 atom stereocenters. The molecular weight excluding hydrogens is 520 g/mol. The molecule has 1 N–H and O–H groups in total. The van der Waals surface area contributed by atoms with Gasteiger partial charge in [-0.2, -0.15) is 0 Å². The molecule has 0 aliphatic heterocycles. The van der Waals surface area contributed by atoms with E-state index in [4.69, 9.17) is 4.43 Å². The molecule has 4 aliphatic carbocycles. The van der Waals surface area contributed by atoms with Gasteiger partial charge in [0.1, 0.15) is 5.78 Å². The monoisotopic (exact) mass is 564 g/mol. The van der Waals surface area contributed by atoms with E-state index in [0.29, 0.717) is 29.5 Å². The second-order valence-electron chi connectivity index (χ2n) is 13.8. The molecule has 7 rings (SSSR count). The summed E-state index contributed by atoms with van der Waals surface area (Å²) in [6.07, 6.45) is 8.91. The van der Waals surface area contributed by atoms with Crippen molar-refractivity contribution < 1.29 is 14.3 Å². The Labute approximate surface area is 246 Å². The predicted octanol–water partition coefficient (Wildman–Crippen LogP) is 5.62. The van der Waals surface area contributed by atoms with E-state index < -0.39 is 8.32 Å². The average Bonchev–Trinajstić information content (AvgIpc) is 3.33. The van der Waals surface area contributed by atoms with Gasteiger partial charge in [-0.15, -0.1) is 0 Å². The minimum atomic E-state index is -2.83. The maximum Gasteiger partial charge on any atom is 0.288 e. The molecule has 3 nitrogen and oxygen atoms in total. The van der Waals surface area contributed by atoms with Gasteiger partial charge in [-0.3, -0.25) is 4.79 Å². The summed E-state index contributed by atoms with van der Waals surface area (Å²) < 4.78 is 7.72. The van der Waals surface area contributed by atoms with Crippen molar-refractivity contribution in [3.05, 3.63) is 91.0 Å². The SMILES string of the molecule is C[C@]12CC[C@H]3[C@@H](CC[C@H]4CC(O)CC[C@@]43CO[Si](c3ccccc3)(c3ccccc3)c3ccccc3)[C@@H]1CCC2=O. The molecule has 41 heavy (non-hydrogen) atoms. The van der Waals surface area contributed by atoms with Crippen LogP contribution in [-0.4, -0.2) is 31.9 Å². The molecule has 4 aliphatic rings. The number of rotatable bonds is 6. The van der Waals surface area contributed by atoms with E-state index in [0.717, 1.165) is 58.0 Å². The average molecular weight is 565 g/mol. The van der Waals surface area contributed by atoms with Crippen molar-refractivity contribution in [1.82, 2.24) is 0 Å². The lowest BCUT2D eigenvalue weighted by Gasteiger charge is -2.61. The van der Waals surface area contributed by atoms with Crippen molar-refractivity contribution in [2.75, 3.05) is 6.61 Å². The largest absolute Gasteiger partial charge is 0.404 e. The topological polar surface area (TPSA) is 46.5 Å². The maximum atomic E-state index is 13.1. The Bertz CT molecular complexity index is 1260. The van der Waals surface area contributed by atoms with Crippen molar-refractivity contribution in [3.8, 4) is 0 Å². The standard InChI is InChI=1S/C37H44O3Si/c1-36-23-22-34-32(33(36)19-20-35(36)39)18-17-27-25-28(38)21-24-37(27,34)26-40-41(29-11-5-2-6-12-29,30-13-7-3-8-14-30)31-15-9-4-10-16-31/h2-16,27-28,32-34,38H,17-26H2,1H3/t27-,28?,32-,33-,34-,36-,37+/m0/s1. The van der Waals surface area contributed by atoms with Crippen LogP contribution in [0.5, 0.6) is 0 Å². The molecular formula is C37H44O3Si. The Hall–Kier alpha value is -2.53. The molecule has 0 amide bonds. The molecule has 4 heteroatoms. The van der Waals surface area contributed by atoms with Crippen LogP contribution >= 0.6 is 0 Å². The zero-order valence-electron chi connectivity index (χ0n) is 24.4. The van der Waals surface area contributed by atoms with Gasteiger partial charge in [0.15, 0.2) is 0 Å². The first kappa shape index (κ1) is 27.3. The lowest BCUT2D eigenvalue weighted by molar-refractivity contribution is -0.154. The van der Waals surface area contributed by atoms with Crippen molar-refractivity contribution in [2.24, 2.45) is 34.5 Å². The van der Waals surface area contributed by atoms with Crippen LogP contribution in [0.15, 0.2) is 91.0 Å². The van der Waals surface area contributed by atoms with Gasteiger partial charge < -0.3 is 9.53 Å². The second-order valence-corrected chi connectivity index (χ2v) is 17.2. The van der Waals surface area contributed by atoms with Crippen LogP contribution in [-0.2, 0) is 9.22 Å². The Morgan fingerprint density at radius 3 is 1.93 bits per heavy atom. The summed E-state index contributed by atoms with van der Waals surface area (Å²) in [5, 5.41) is 14.7. The summed E-state index contributed by atoms with van der Waals surface area (Å²) in [6, 6.07) is 32.8. The number of aliphatic hydroxyl groups excluding tert-OH is 1. The molecule has 3 aromatic rings. The molecule has 214 valence electrons. The molecule has 0 spiro atoms. The summed E-state index contributed by atoms with van der Waals surface area (Å²) in [6.45, 7) is 3.01. The number of aliphatic hydroxyl groups is 1. The van der Waals surface area contributed by atoms with Gasteiger partial charge in [-0.25, -0.2) is 0 Å². The molecule has 0 bridgehead atoms. The number of benzene rings is 3. The molecule has 1 unspecified atom stereocenters. The number of carbonyl (C=O) groups excluding carboxylic acids is 1. The van der Waals surface area contributed by atoms with E-state index in [-0.39, 0.29) is 16.9 Å². The molecule has 0 radical (unpaired) electrons. The Kier molecular flexibility index (Phi) is 7.08. The highest BCUT2D eigenvalue weighted by molar-refractivity contribution is 7.07. The third-order valence-electron chi connectivity index (χ3n) is 12.1. The fraction of sp³-hybridized carbons (Fsp3) is 0.486. The highest BCUT2D eigenvalue weighted by atomic mass is 28.4. The lowest BCUT2D eigenvalue weighted by Crippen LogP contribution is -2.70. The van der Waals surface area contributed by atoms with Gasteiger partial charge in [-0.05, 0) is 96.0 Å². The lowest BCUT2D eigenvalue weighted by atomic mass is 9.45. The van der Waals surface area contributed by atoms with Gasteiger partial charge in [0.25, 0.3) is 8.32 Å². The smallest absolute Gasteiger partial charge is 0.288 e. The number of hydrogen-bond donors (Lipinski definition) is 1. The fourth-order valence-corrected chi connectivity index (χ4v) is 14.1. The molecule has 4 fully saturated rings. The van der Waals surface area contributed by atoms with E-state index in [2.05, 4.69) is 97.9 Å². The van der Waals surface area contributed by atoms with Crippen LogP contribution in [0, 0.1) is 34.5 Å². The first-order chi connectivity index (χ1) is 20.0. The minimum Gasteiger partial charge on any atom is -0.404 e. The number of fused-ring (bicyclic) bond motifs is 5. The van der Waals surface area contributed by atoms with Crippen LogP contribution in [0.4, 0.5) is 0 Å². The molecule has 0 saturated heterocycles.